The van der Waals surface area contributed by atoms with Gasteiger partial charge in [0, 0.05) is 13.1 Å². The van der Waals surface area contributed by atoms with Crippen molar-refractivity contribution in [2.75, 3.05) is 12.4 Å². The lowest BCUT2D eigenvalue weighted by Crippen LogP contribution is -2.30. The first-order valence-corrected chi connectivity index (χ1v) is 7.29. The molecule has 1 aromatic carbocycles. The van der Waals surface area contributed by atoms with Crippen LogP contribution >= 0.6 is 0 Å². The van der Waals surface area contributed by atoms with Gasteiger partial charge in [-0.2, -0.15) is 0 Å². The summed E-state index contributed by atoms with van der Waals surface area (Å²) in [5.74, 6) is -0.924. The highest BCUT2D eigenvalue weighted by Crippen LogP contribution is 2.23. The van der Waals surface area contributed by atoms with Crippen LogP contribution in [0.25, 0.3) is 0 Å². The number of carbonyl (C=O) groups excluding carboxylic acids is 2. The molecule has 0 fully saturated rings. The van der Waals surface area contributed by atoms with E-state index in [4.69, 9.17) is 9.47 Å². The van der Waals surface area contributed by atoms with Gasteiger partial charge in [0.1, 0.15) is 11.4 Å². The van der Waals surface area contributed by atoms with Gasteiger partial charge in [-0.25, -0.2) is 4.79 Å². The molecule has 0 bridgehead atoms. The molecule has 2 rings (SSSR count). The van der Waals surface area contributed by atoms with Gasteiger partial charge in [-0.1, -0.05) is 12.1 Å². The quantitative estimate of drug-likeness (QED) is 0.486. The summed E-state index contributed by atoms with van der Waals surface area (Å²) in [6.45, 7) is 1.40. The number of nitro groups is 1. The van der Waals surface area contributed by atoms with Crippen molar-refractivity contribution in [2.45, 2.75) is 13.0 Å². The third-order valence-electron chi connectivity index (χ3n) is 3.43. The van der Waals surface area contributed by atoms with Gasteiger partial charge in [0.15, 0.2) is 6.10 Å². The molecule has 1 aromatic heterocycles. The zero-order valence-electron chi connectivity index (χ0n) is 13.9. The molecule has 2 aromatic rings. The molecule has 0 spiro atoms. The number of para-hydroxylation sites is 2. The minimum Gasteiger partial charge on any atom is -0.495 e. The van der Waals surface area contributed by atoms with Crippen molar-refractivity contribution in [3.05, 3.63) is 52.3 Å². The van der Waals surface area contributed by atoms with Gasteiger partial charge in [-0.05, 0) is 19.1 Å². The van der Waals surface area contributed by atoms with Gasteiger partial charge in [0.25, 0.3) is 11.6 Å². The number of methoxy groups -OCH3 is 1. The van der Waals surface area contributed by atoms with E-state index in [1.165, 1.54) is 31.8 Å². The Kier molecular flexibility index (Phi) is 5.38. The Hall–Kier alpha value is -3.36. The van der Waals surface area contributed by atoms with E-state index >= 15 is 0 Å². The number of rotatable bonds is 6. The number of carbonyl (C=O) groups is 2. The van der Waals surface area contributed by atoms with Crippen molar-refractivity contribution in [1.82, 2.24) is 4.57 Å². The van der Waals surface area contributed by atoms with Crippen LogP contribution in [0.15, 0.2) is 36.5 Å². The van der Waals surface area contributed by atoms with Gasteiger partial charge in [-0.3, -0.25) is 14.9 Å². The Morgan fingerprint density at radius 3 is 2.60 bits per heavy atom. The maximum absolute atomic E-state index is 12.2. The van der Waals surface area contributed by atoms with E-state index in [0.29, 0.717) is 11.4 Å². The predicted octanol–water partition coefficient (Wildman–Crippen LogP) is 2.13. The third kappa shape index (κ3) is 4.14. The molecule has 1 atom stereocenters. The molecular formula is C16H17N3O6. The summed E-state index contributed by atoms with van der Waals surface area (Å²) >= 11 is 0. The van der Waals surface area contributed by atoms with Crippen molar-refractivity contribution in [2.24, 2.45) is 7.05 Å². The molecule has 0 aliphatic carbocycles. The van der Waals surface area contributed by atoms with Crippen molar-refractivity contribution in [3.63, 3.8) is 0 Å². The Bertz CT molecular complexity index is 814. The van der Waals surface area contributed by atoms with Crippen molar-refractivity contribution in [3.8, 4) is 5.75 Å². The van der Waals surface area contributed by atoms with E-state index in [1.807, 2.05) is 0 Å². The lowest BCUT2D eigenvalue weighted by Gasteiger charge is -2.15. The Morgan fingerprint density at radius 2 is 2.00 bits per heavy atom. The van der Waals surface area contributed by atoms with Gasteiger partial charge < -0.3 is 19.4 Å². The van der Waals surface area contributed by atoms with Crippen LogP contribution in [0.4, 0.5) is 11.4 Å². The maximum Gasteiger partial charge on any atom is 0.355 e. The Morgan fingerprint density at radius 1 is 1.32 bits per heavy atom. The Balaban J connectivity index is 2.05. The summed E-state index contributed by atoms with van der Waals surface area (Å²) in [5, 5.41) is 13.3. The zero-order valence-corrected chi connectivity index (χ0v) is 13.9. The fourth-order valence-corrected chi connectivity index (χ4v) is 2.11. The highest BCUT2D eigenvalue weighted by molar-refractivity contribution is 5.98. The number of ether oxygens (including phenoxy) is 2. The number of aromatic nitrogens is 1. The van der Waals surface area contributed by atoms with Crippen molar-refractivity contribution < 1.29 is 24.0 Å². The molecular weight excluding hydrogens is 330 g/mol. The molecule has 25 heavy (non-hydrogen) atoms. The summed E-state index contributed by atoms with van der Waals surface area (Å²) in [4.78, 5) is 34.4. The van der Waals surface area contributed by atoms with Crippen LogP contribution < -0.4 is 10.1 Å². The fourth-order valence-electron chi connectivity index (χ4n) is 2.11. The molecule has 0 aliphatic rings. The fraction of sp³-hybridized carbons (Fsp3) is 0.250. The van der Waals surface area contributed by atoms with Crippen LogP contribution in [0.3, 0.4) is 0 Å². The number of hydrogen-bond acceptors (Lipinski definition) is 6. The van der Waals surface area contributed by atoms with Gasteiger partial charge in [0.2, 0.25) is 0 Å². The van der Waals surface area contributed by atoms with Crippen LogP contribution in [0.2, 0.25) is 0 Å². The summed E-state index contributed by atoms with van der Waals surface area (Å²) in [6, 6.07) is 7.88. The van der Waals surface area contributed by atoms with E-state index in [1.54, 1.807) is 24.3 Å². The number of esters is 1. The van der Waals surface area contributed by atoms with Gasteiger partial charge in [-0.15, -0.1) is 0 Å². The molecule has 1 N–H and O–H groups in total. The average molecular weight is 347 g/mol. The number of amides is 1. The molecule has 1 amide bonds. The number of benzene rings is 1. The molecule has 0 aliphatic heterocycles. The topological polar surface area (TPSA) is 113 Å². The first kappa shape index (κ1) is 18.0. The second kappa shape index (κ2) is 7.47. The summed E-state index contributed by atoms with van der Waals surface area (Å²) in [5.41, 5.74) is 0.177. The highest BCUT2D eigenvalue weighted by Gasteiger charge is 2.24. The number of nitrogens with one attached hydrogen (secondary N) is 1. The number of nitrogens with zero attached hydrogens (tertiary/aromatic N) is 2. The van der Waals surface area contributed by atoms with Gasteiger partial charge >= 0.3 is 5.97 Å². The van der Waals surface area contributed by atoms with E-state index in [-0.39, 0.29) is 11.4 Å². The summed E-state index contributed by atoms with van der Waals surface area (Å²) in [6.07, 6.45) is 0.0854. The SMILES string of the molecule is COc1ccccc1NC(=O)[C@@H](C)OC(=O)c1cc([N+](=O)[O-])cn1C. The molecule has 132 valence electrons. The highest BCUT2D eigenvalue weighted by atomic mass is 16.6. The second-order valence-corrected chi connectivity index (χ2v) is 5.19. The molecule has 0 radical (unpaired) electrons. The maximum atomic E-state index is 12.2. The minimum absolute atomic E-state index is 0.0244. The van der Waals surface area contributed by atoms with Gasteiger partial charge in [0.05, 0.1) is 23.9 Å². The molecule has 9 nitrogen and oxygen atoms in total. The molecule has 0 unspecified atom stereocenters. The normalized spacial score (nSPS) is 11.5. The lowest BCUT2D eigenvalue weighted by molar-refractivity contribution is -0.384. The van der Waals surface area contributed by atoms with Crippen LogP contribution in [0.1, 0.15) is 17.4 Å². The number of anilines is 1. The number of hydrogen-bond donors (Lipinski definition) is 1. The van der Waals surface area contributed by atoms with E-state index in [2.05, 4.69) is 5.32 Å². The molecule has 1 heterocycles. The van der Waals surface area contributed by atoms with Crippen LogP contribution in [-0.4, -0.2) is 34.6 Å². The first-order valence-electron chi connectivity index (χ1n) is 7.29. The van der Waals surface area contributed by atoms with Crippen LogP contribution in [0.5, 0.6) is 5.75 Å². The third-order valence-corrected chi connectivity index (χ3v) is 3.43. The monoisotopic (exact) mass is 347 g/mol. The summed E-state index contributed by atoms with van der Waals surface area (Å²) < 4.78 is 11.5. The minimum atomic E-state index is -1.11. The largest absolute Gasteiger partial charge is 0.495 e. The van der Waals surface area contributed by atoms with E-state index in [9.17, 15) is 19.7 Å². The second-order valence-electron chi connectivity index (χ2n) is 5.19. The first-order chi connectivity index (χ1) is 11.8. The summed E-state index contributed by atoms with van der Waals surface area (Å²) in [7, 11) is 2.94. The van der Waals surface area contributed by atoms with E-state index < -0.39 is 22.9 Å². The smallest absolute Gasteiger partial charge is 0.355 e. The number of aryl methyl sites for hydroxylation is 1. The lowest BCUT2D eigenvalue weighted by atomic mass is 10.2. The van der Waals surface area contributed by atoms with E-state index in [0.717, 1.165) is 6.07 Å². The van der Waals surface area contributed by atoms with Crippen molar-refractivity contribution >= 4 is 23.3 Å². The Labute approximate surface area is 143 Å². The molecule has 9 heteroatoms. The van der Waals surface area contributed by atoms with Crippen LogP contribution in [0, 0.1) is 10.1 Å². The molecule has 0 saturated carbocycles. The average Bonchev–Trinajstić information content (AvgIpc) is 2.97. The van der Waals surface area contributed by atoms with Crippen molar-refractivity contribution in [1.29, 1.82) is 0 Å². The standard InChI is InChI=1S/C16H17N3O6/c1-10(15(20)17-12-6-4-5-7-14(12)24-3)25-16(21)13-8-11(19(22)23)9-18(13)2/h4-10H,1-3H3,(H,17,20)/t10-/m1/s1. The predicted molar refractivity (Wildman–Crippen MR) is 88.6 cm³/mol. The zero-order chi connectivity index (χ0) is 18.6. The molecule has 0 saturated heterocycles. The van der Waals surface area contributed by atoms with Crippen LogP contribution in [-0.2, 0) is 16.6 Å².